The molecule has 2 N–H and O–H groups in total. The minimum absolute atomic E-state index is 0.0645. The number of hydrogen-bond donors (Lipinski definition) is 2. The Balaban J connectivity index is 2.48. The molecule has 1 amide bonds. The number of nitrogens with one attached hydrogen (secondary N) is 2. The first kappa shape index (κ1) is 15.5. The van der Waals surface area contributed by atoms with Crippen molar-refractivity contribution in [1.82, 2.24) is 5.32 Å². The minimum atomic E-state index is -0.0931. The number of carbonyl (C=O) groups is 1. The lowest BCUT2D eigenvalue weighted by Gasteiger charge is -2.15. The summed E-state index contributed by atoms with van der Waals surface area (Å²) >= 11 is 3.40. The summed E-state index contributed by atoms with van der Waals surface area (Å²) in [5, 5.41) is 14.6. The van der Waals surface area contributed by atoms with Crippen LogP contribution in [0.15, 0.2) is 22.7 Å². The Bertz CT molecular complexity index is 482. The van der Waals surface area contributed by atoms with E-state index < -0.39 is 0 Å². The smallest absolute Gasteiger partial charge is 0.239 e. The third kappa shape index (κ3) is 5.31. The van der Waals surface area contributed by atoms with Crippen molar-refractivity contribution in [3.63, 3.8) is 0 Å². The minimum Gasteiger partial charge on any atom is -0.376 e. The number of rotatable bonds is 6. The van der Waals surface area contributed by atoms with Crippen LogP contribution in [-0.4, -0.2) is 18.5 Å². The highest BCUT2D eigenvalue weighted by atomic mass is 79.9. The molecular formula is C14H18BrN3O. The maximum absolute atomic E-state index is 11.7. The SMILES string of the molecule is CC[C@@H](CC#N)NC(=O)CNc1ccc(Br)cc1C. The summed E-state index contributed by atoms with van der Waals surface area (Å²) < 4.78 is 1.01. The number of anilines is 1. The Hall–Kier alpha value is -1.54. The van der Waals surface area contributed by atoms with E-state index in [0.717, 1.165) is 22.1 Å². The van der Waals surface area contributed by atoms with Crippen molar-refractivity contribution in [2.75, 3.05) is 11.9 Å². The summed E-state index contributed by atoms with van der Waals surface area (Å²) in [6.45, 7) is 4.15. The van der Waals surface area contributed by atoms with E-state index in [2.05, 4.69) is 32.6 Å². The normalized spacial score (nSPS) is 11.5. The Kier molecular flexibility index (Phi) is 6.37. The number of halogens is 1. The first-order valence-electron chi connectivity index (χ1n) is 6.23. The highest BCUT2D eigenvalue weighted by Crippen LogP contribution is 2.19. The van der Waals surface area contributed by atoms with E-state index in [0.29, 0.717) is 6.42 Å². The summed E-state index contributed by atoms with van der Waals surface area (Å²) in [5.41, 5.74) is 2.01. The Morgan fingerprint density at radius 1 is 1.53 bits per heavy atom. The van der Waals surface area contributed by atoms with E-state index in [-0.39, 0.29) is 18.5 Å². The van der Waals surface area contributed by atoms with Crippen LogP contribution in [0.1, 0.15) is 25.3 Å². The first-order valence-corrected chi connectivity index (χ1v) is 7.02. The summed E-state index contributed by atoms with van der Waals surface area (Å²) in [4.78, 5) is 11.7. The van der Waals surface area contributed by atoms with Gasteiger partial charge < -0.3 is 10.6 Å². The molecule has 0 spiro atoms. The maximum Gasteiger partial charge on any atom is 0.239 e. The summed E-state index contributed by atoms with van der Waals surface area (Å²) in [5.74, 6) is -0.0931. The molecule has 0 aliphatic rings. The number of nitrogens with zero attached hydrogens (tertiary/aromatic N) is 1. The highest BCUT2D eigenvalue weighted by molar-refractivity contribution is 9.10. The molecule has 102 valence electrons. The summed E-state index contributed by atoms with van der Waals surface area (Å²) in [6, 6.07) is 7.86. The fourth-order valence-electron chi connectivity index (χ4n) is 1.69. The third-order valence-electron chi connectivity index (χ3n) is 2.82. The molecular weight excluding hydrogens is 306 g/mol. The van der Waals surface area contributed by atoms with Gasteiger partial charge in [-0.3, -0.25) is 4.79 Å². The standard InChI is InChI=1S/C14H18BrN3O/c1-3-12(6-7-16)18-14(19)9-17-13-5-4-11(15)8-10(13)2/h4-5,8,12,17H,3,6,9H2,1-2H3,(H,18,19)/t12-/m0/s1. The predicted octanol–water partition coefficient (Wildman–Crippen LogP) is 2.98. The molecule has 0 radical (unpaired) electrons. The highest BCUT2D eigenvalue weighted by Gasteiger charge is 2.09. The first-order chi connectivity index (χ1) is 9.06. The average Bonchev–Trinajstić information content (AvgIpc) is 2.37. The monoisotopic (exact) mass is 323 g/mol. The van der Waals surface area contributed by atoms with Gasteiger partial charge in [0, 0.05) is 16.2 Å². The molecule has 0 fully saturated rings. The zero-order chi connectivity index (χ0) is 14.3. The van der Waals surface area contributed by atoms with Gasteiger partial charge in [-0.05, 0) is 37.1 Å². The van der Waals surface area contributed by atoms with Crippen LogP contribution in [0.5, 0.6) is 0 Å². The summed E-state index contributed by atoms with van der Waals surface area (Å²) in [7, 11) is 0. The van der Waals surface area contributed by atoms with Crippen LogP contribution < -0.4 is 10.6 Å². The van der Waals surface area contributed by atoms with Gasteiger partial charge in [0.2, 0.25) is 5.91 Å². The molecule has 5 heteroatoms. The molecule has 0 aliphatic heterocycles. The number of benzene rings is 1. The third-order valence-corrected chi connectivity index (χ3v) is 3.32. The number of amides is 1. The number of nitriles is 1. The lowest BCUT2D eigenvalue weighted by molar-refractivity contribution is -0.120. The summed E-state index contributed by atoms with van der Waals surface area (Å²) in [6.07, 6.45) is 1.11. The molecule has 1 atom stereocenters. The topological polar surface area (TPSA) is 64.9 Å². The second-order valence-corrected chi connectivity index (χ2v) is 5.26. The van der Waals surface area contributed by atoms with E-state index in [9.17, 15) is 4.79 Å². The fraction of sp³-hybridized carbons (Fsp3) is 0.429. The van der Waals surface area contributed by atoms with Crippen LogP contribution in [0.2, 0.25) is 0 Å². The van der Waals surface area contributed by atoms with E-state index >= 15 is 0 Å². The number of aryl methyl sites for hydroxylation is 1. The van der Waals surface area contributed by atoms with Crippen LogP contribution in [0.25, 0.3) is 0 Å². The van der Waals surface area contributed by atoms with Crippen LogP contribution in [0.3, 0.4) is 0 Å². The maximum atomic E-state index is 11.7. The molecule has 0 aromatic heterocycles. The van der Waals surface area contributed by atoms with E-state index in [4.69, 9.17) is 5.26 Å². The lowest BCUT2D eigenvalue weighted by atomic mass is 10.1. The van der Waals surface area contributed by atoms with Gasteiger partial charge in [-0.25, -0.2) is 0 Å². The number of carbonyl (C=O) groups excluding carboxylic acids is 1. The Morgan fingerprint density at radius 3 is 2.84 bits per heavy atom. The van der Waals surface area contributed by atoms with Crippen LogP contribution in [-0.2, 0) is 4.79 Å². The van der Waals surface area contributed by atoms with Gasteiger partial charge in [0.05, 0.1) is 19.0 Å². The lowest BCUT2D eigenvalue weighted by Crippen LogP contribution is -2.37. The quantitative estimate of drug-likeness (QED) is 0.845. The second-order valence-electron chi connectivity index (χ2n) is 4.35. The molecule has 0 aliphatic carbocycles. The van der Waals surface area contributed by atoms with Crippen molar-refractivity contribution in [3.05, 3.63) is 28.2 Å². The van der Waals surface area contributed by atoms with E-state index in [1.165, 1.54) is 0 Å². The van der Waals surface area contributed by atoms with Crippen molar-refractivity contribution in [2.45, 2.75) is 32.7 Å². The van der Waals surface area contributed by atoms with Gasteiger partial charge in [-0.1, -0.05) is 22.9 Å². The molecule has 1 aromatic carbocycles. The van der Waals surface area contributed by atoms with Gasteiger partial charge in [0.1, 0.15) is 0 Å². The van der Waals surface area contributed by atoms with Crippen molar-refractivity contribution in [1.29, 1.82) is 5.26 Å². The molecule has 0 bridgehead atoms. The molecule has 0 saturated heterocycles. The Labute approximate surface area is 122 Å². The molecule has 0 heterocycles. The fourth-order valence-corrected chi connectivity index (χ4v) is 2.16. The van der Waals surface area contributed by atoms with Gasteiger partial charge in [0.25, 0.3) is 0 Å². The number of hydrogen-bond acceptors (Lipinski definition) is 3. The predicted molar refractivity (Wildman–Crippen MR) is 79.8 cm³/mol. The zero-order valence-corrected chi connectivity index (χ0v) is 12.8. The van der Waals surface area contributed by atoms with Gasteiger partial charge in [-0.15, -0.1) is 0 Å². The van der Waals surface area contributed by atoms with Gasteiger partial charge >= 0.3 is 0 Å². The van der Waals surface area contributed by atoms with E-state index in [1.807, 2.05) is 32.0 Å². The molecule has 0 unspecified atom stereocenters. The van der Waals surface area contributed by atoms with Gasteiger partial charge in [0.15, 0.2) is 0 Å². The van der Waals surface area contributed by atoms with Crippen LogP contribution >= 0.6 is 15.9 Å². The molecule has 1 rings (SSSR count). The largest absolute Gasteiger partial charge is 0.376 e. The Morgan fingerprint density at radius 2 is 2.26 bits per heavy atom. The molecule has 19 heavy (non-hydrogen) atoms. The van der Waals surface area contributed by atoms with E-state index in [1.54, 1.807) is 0 Å². The second kappa shape index (κ2) is 7.80. The van der Waals surface area contributed by atoms with Gasteiger partial charge in [-0.2, -0.15) is 5.26 Å². The molecule has 4 nitrogen and oxygen atoms in total. The average molecular weight is 324 g/mol. The van der Waals surface area contributed by atoms with Crippen molar-refractivity contribution in [3.8, 4) is 6.07 Å². The van der Waals surface area contributed by atoms with Crippen molar-refractivity contribution >= 4 is 27.5 Å². The van der Waals surface area contributed by atoms with Crippen LogP contribution in [0.4, 0.5) is 5.69 Å². The molecule has 1 aromatic rings. The molecule has 0 saturated carbocycles. The van der Waals surface area contributed by atoms with Crippen molar-refractivity contribution < 1.29 is 4.79 Å². The zero-order valence-electron chi connectivity index (χ0n) is 11.2. The van der Waals surface area contributed by atoms with Crippen molar-refractivity contribution in [2.24, 2.45) is 0 Å². The van der Waals surface area contributed by atoms with Crippen LogP contribution in [0, 0.1) is 18.3 Å².